The number of thioether (sulfide) groups is 1. The third-order valence-corrected chi connectivity index (χ3v) is 3.37. The van der Waals surface area contributed by atoms with Crippen LogP contribution in [0.2, 0.25) is 5.02 Å². The quantitative estimate of drug-likeness (QED) is 0.917. The van der Waals surface area contributed by atoms with Gasteiger partial charge in [0.1, 0.15) is 5.82 Å². The predicted molar refractivity (Wildman–Crippen MR) is 75.5 cm³/mol. The molecule has 1 aromatic rings. The molecule has 0 atom stereocenters. The summed E-state index contributed by atoms with van der Waals surface area (Å²) >= 11 is 7.24. The predicted octanol–water partition coefficient (Wildman–Crippen LogP) is 3.63. The lowest BCUT2D eigenvalue weighted by Gasteiger charge is -2.20. The fourth-order valence-corrected chi connectivity index (χ4v) is 2.54. The SMILES string of the molecule is CC(C)(C)NC(=O)CSCc1c(F)cccc1Cl. The zero-order valence-corrected chi connectivity index (χ0v) is 12.3. The number of nitrogens with one attached hydrogen (secondary N) is 1. The summed E-state index contributed by atoms with van der Waals surface area (Å²) in [6.45, 7) is 5.76. The number of carbonyl (C=O) groups excluding carboxylic acids is 1. The molecule has 100 valence electrons. The van der Waals surface area contributed by atoms with Crippen LogP contribution in [0.5, 0.6) is 0 Å². The van der Waals surface area contributed by atoms with Gasteiger partial charge in [-0.15, -0.1) is 11.8 Å². The van der Waals surface area contributed by atoms with E-state index in [-0.39, 0.29) is 17.3 Å². The minimum atomic E-state index is -0.328. The van der Waals surface area contributed by atoms with E-state index in [2.05, 4.69) is 5.32 Å². The Morgan fingerprint density at radius 2 is 2.11 bits per heavy atom. The Labute approximate surface area is 116 Å². The third kappa shape index (κ3) is 5.27. The van der Waals surface area contributed by atoms with Crippen molar-refractivity contribution in [2.45, 2.75) is 32.1 Å². The minimum Gasteiger partial charge on any atom is -0.351 e. The van der Waals surface area contributed by atoms with Gasteiger partial charge in [-0.2, -0.15) is 0 Å². The van der Waals surface area contributed by atoms with Crippen molar-refractivity contribution in [2.24, 2.45) is 0 Å². The average molecular weight is 290 g/mol. The average Bonchev–Trinajstić information content (AvgIpc) is 2.19. The first-order valence-corrected chi connectivity index (χ1v) is 7.14. The molecule has 0 spiro atoms. The topological polar surface area (TPSA) is 29.1 Å². The van der Waals surface area contributed by atoms with Gasteiger partial charge in [-0.05, 0) is 32.9 Å². The van der Waals surface area contributed by atoms with E-state index in [0.717, 1.165) is 0 Å². The first kappa shape index (κ1) is 15.3. The van der Waals surface area contributed by atoms with Crippen molar-refractivity contribution in [1.29, 1.82) is 0 Å². The van der Waals surface area contributed by atoms with Crippen molar-refractivity contribution in [2.75, 3.05) is 5.75 Å². The highest BCUT2D eigenvalue weighted by molar-refractivity contribution is 7.99. The van der Waals surface area contributed by atoms with Crippen LogP contribution >= 0.6 is 23.4 Å². The molecule has 0 radical (unpaired) electrons. The Kier molecular flexibility index (Phi) is 5.47. The van der Waals surface area contributed by atoms with Gasteiger partial charge < -0.3 is 5.32 Å². The number of benzene rings is 1. The Morgan fingerprint density at radius 1 is 1.44 bits per heavy atom. The molecule has 1 rings (SSSR count). The molecule has 1 amide bonds. The monoisotopic (exact) mass is 289 g/mol. The minimum absolute atomic E-state index is 0.0556. The van der Waals surface area contributed by atoms with Gasteiger partial charge >= 0.3 is 0 Å². The Bertz CT molecular complexity index is 411. The second kappa shape index (κ2) is 6.43. The molecule has 0 aromatic heterocycles. The van der Waals surface area contributed by atoms with Gasteiger partial charge in [0.25, 0.3) is 0 Å². The lowest BCUT2D eigenvalue weighted by atomic mass is 10.1. The normalized spacial score (nSPS) is 11.4. The van der Waals surface area contributed by atoms with Crippen LogP contribution in [0.1, 0.15) is 26.3 Å². The van der Waals surface area contributed by atoms with E-state index in [0.29, 0.717) is 22.1 Å². The maximum atomic E-state index is 13.4. The van der Waals surface area contributed by atoms with Gasteiger partial charge in [0.15, 0.2) is 0 Å². The number of amides is 1. The number of rotatable bonds is 4. The number of hydrogen-bond donors (Lipinski definition) is 1. The molecule has 0 heterocycles. The van der Waals surface area contributed by atoms with Gasteiger partial charge in [-0.25, -0.2) is 4.39 Å². The summed E-state index contributed by atoms with van der Waals surface area (Å²) in [5.41, 5.74) is 0.209. The molecule has 0 unspecified atom stereocenters. The zero-order chi connectivity index (χ0) is 13.8. The molecular weight excluding hydrogens is 273 g/mol. The van der Waals surface area contributed by atoms with Crippen LogP contribution < -0.4 is 5.32 Å². The second-order valence-electron chi connectivity index (χ2n) is 4.99. The van der Waals surface area contributed by atoms with Gasteiger partial charge in [-0.1, -0.05) is 17.7 Å². The molecule has 0 aliphatic rings. The maximum Gasteiger partial charge on any atom is 0.230 e. The molecule has 0 saturated carbocycles. The summed E-state index contributed by atoms with van der Waals surface area (Å²) < 4.78 is 13.4. The lowest BCUT2D eigenvalue weighted by Crippen LogP contribution is -2.41. The van der Waals surface area contributed by atoms with Crippen LogP contribution in [-0.2, 0) is 10.5 Å². The fraction of sp³-hybridized carbons (Fsp3) is 0.462. The summed E-state index contributed by atoms with van der Waals surface area (Å²) in [4.78, 5) is 11.6. The van der Waals surface area contributed by atoms with Crippen LogP contribution in [0.25, 0.3) is 0 Å². The maximum absolute atomic E-state index is 13.4. The lowest BCUT2D eigenvalue weighted by molar-refractivity contribution is -0.119. The summed E-state index contributed by atoms with van der Waals surface area (Å²) in [6.07, 6.45) is 0. The zero-order valence-electron chi connectivity index (χ0n) is 10.7. The van der Waals surface area contributed by atoms with Gasteiger partial charge in [0, 0.05) is 21.9 Å². The largest absolute Gasteiger partial charge is 0.351 e. The van der Waals surface area contributed by atoms with Gasteiger partial charge in [0.2, 0.25) is 5.91 Å². The van der Waals surface area contributed by atoms with Crippen LogP contribution in [0.4, 0.5) is 4.39 Å². The van der Waals surface area contributed by atoms with Crippen molar-refractivity contribution >= 4 is 29.3 Å². The molecule has 0 fully saturated rings. The van der Waals surface area contributed by atoms with Gasteiger partial charge in [-0.3, -0.25) is 4.79 Å². The van der Waals surface area contributed by atoms with Crippen molar-refractivity contribution in [1.82, 2.24) is 5.32 Å². The van der Waals surface area contributed by atoms with Crippen molar-refractivity contribution in [3.63, 3.8) is 0 Å². The van der Waals surface area contributed by atoms with Crippen molar-refractivity contribution < 1.29 is 9.18 Å². The van der Waals surface area contributed by atoms with Crippen LogP contribution in [0.15, 0.2) is 18.2 Å². The Hall–Kier alpha value is -0.740. The first-order chi connectivity index (χ1) is 8.29. The third-order valence-electron chi connectivity index (χ3n) is 2.06. The van der Waals surface area contributed by atoms with E-state index in [9.17, 15) is 9.18 Å². The fourth-order valence-electron chi connectivity index (χ4n) is 1.37. The molecule has 0 saturated heterocycles. The van der Waals surface area contributed by atoms with Crippen molar-refractivity contribution in [3.8, 4) is 0 Å². The van der Waals surface area contributed by atoms with E-state index in [4.69, 9.17) is 11.6 Å². The highest BCUT2D eigenvalue weighted by Crippen LogP contribution is 2.23. The standard InChI is InChI=1S/C13H17ClFNOS/c1-13(2,3)16-12(17)8-18-7-9-10(14)5-4-6-11(9)15/h4-6H,7-8H2,1-3H3,(H,16,17). The van der Waals surface area contributed by atoms with E-state index in [1.807, 2.05) is 20.8 Å². The first-order valence-electron chi connectivity index (χ1n) is 5.61. The number of halogens is 2. The summed E-state index contributed by atoms with van der Waals surface area (Å²) in [7, 11) is 0. The van der Waals surface area contributed by atoms with Crippen LogP contribution in [0, 0.1) is 5.82 Å². The Balaban J connectivity index is 2.45. The number of hydrogen-bond acceptors (Lipinski definition) is 2. The van der Waals surface area contributed by atoms with Gasteiger partial charge in [0.05, 0.1) is 5.75 Å². The molecular formula is C13H17ClFNOS. The van der Waals surface area contributed by atoms with E-state index in [1.165, 1.54) is 17.8 Å². The molecule has 5 heteroatoms. The smallest absolute Gasteiger partial charge is 0.230 e. The molecule has 1 N–H and O–H groups in total. The molecule has 2 nitrogen and oxygen atoms in total. The molecule has 0 aliphatic heterocycles. The van der Waals surface area contributed by atoms with Crippen LogP contribution in [0.3, 0.4) is 0 Å². The summed E-state index contributed by atoms with van der Waals surface area (Å²) in [6, 6.07) is 4.59. The van der Waals surface area contributed by atoms with Crippen molar-refractivity contribution in [3.05, 3.63) is 34.6 Å². The second-order valence-corrected chi connectivity index (χ2v) is 6.38. The van der Waals surface area contributed by atoms with E-state index >= 15 is 0 Å². The summed E-state index contributed by atoms with van der Waals surface area (Å²) in [5, 5.41) is 3.25. The molecule has 1 aromatic carbocycles. The van der Waals surface area contributed by atoms with E-state index in [1.54, 1.807) is 12.1 Å². The highest BCUT2D eigenvalue weighted by Gasteiger charge is 2.14. The van der Waals surface area contributed by atoms with E-state index < -0.39 is 0 Å². The summed E-state index contributed by atoms with van der Waals surface area (Å²) in [5.74, 6) is 0.302. The Morgan fingerprint density at radius 3 is 2.67 bits per heavy atom. The molecule has 18 heavy (non-hydrogen) atoms. The molecule has 0 aliphatic carbocycles. The molecule has 0 bridgehead atoms. The number of carbonyl (C=O) groups is 1. The van der Waals surface area contributed by atoms with Crippen LogP contribution in [-0.4, -0.2) is 17.2 Å². The highest BCUT2D eigenvalue weighted by atomic mass is 35.5.